The van der Waals surface area contributed by atoms with E-state index in [1.165, 1.54) is 12.1 Å². The Bertz CT molecular complexity index is 1180. The number of imidazole rings is 1. The summed E-state index contributed by atoms with van der Waals surface area (Å²) < 4.78 is 15.2. The number of hydrogen-bond acceptors (Lipinski definition) is 4. The number of carbonyl (C=O) groups is 1. The number of aryl methyl sites for hydroxylation is 1. The Morgan fingerprint density at radius 1 is 1.26 bits per heavy atom. The Kier molecular flexibility index (Phi) is 3.33. The Morgan fingerprint density at radius 2 is 2.15 bits per heavy atom. The van der Waals surface area contributed by atoms with Gasteiger partial charge in [0.15, 0.2) is 0 Å². The van der Waals surface area contributed by atoms with Crippen molar-refractivity contribution in [3.8, 4) is 11.4 Å². The molecule has 0 radical (unpaired) electrons. The standard InChI is InChI=1S/C19H15FN6O/c1-26-19-16(17(25-26)13-4-2-3-7-21-13)11(9-15(27)24-19)18-22-12-6-5-10(20)8-14(12)23-18/h2-8,11H,9H2,1H3,(H,22,23)(H,24,27)/t11-/m0/s1. The molecule has 0 spiro atoms. The van der Waals surface area contributed by atoms with Crippen molar-refractivity contribution in [2.75, 3.05) is 5.32 Å². The van der Waals surface area contributed by atoms with Crippen molar-refractivity contribution in [3.63, 3.8) is 0 Å². The smallest absolute Gasteiger partial charge is 0.226 e. The van der Waals surface area contributed by atoms with Gasteiger partial charge in [0.25, 0.3) is 0 Å². The van der Waals surface area contributed by atoms with Crippen molar-refractivity contribution in [1.82, 2.24) is 24.7 Å². The van der Waals surface area contributed by atoms with Gasteiger partial charge in [-0.25, -0.2) is 9.37 Å². The number of aromatic nitrogens is 5. The van der Waals surface area contributed by atoms with Crippen LogP contribution in [0.25, 0.3) is 22.4 Å². The number of anilines is 1. The van der Waals surface area contributed by atoms with E-state index < -0.39 is 0 Å². The number of amides is 1. The molecule has 7 nitrogen and oxygen atoms in total. The number of rotatable bonds is 2. The molecule has 1 aliphatic heterocycles. The van der Waals surface area contributed by atoms with Gasteiger partial charge < -0.3 is 10.3 Å². The van der Waals surface area contributed by atoms with E-state index >= 15 is 0 Å². The molecule has 1 atom stereocenters. The van der Waals surface area contributed by atoms with Crippen LogP contribution in [0.15, 0.2) is 42.6 Å². The maximum atomic E-state index is 13.5. The van der Waals surface area contributed by atoms with E-state index in [1.807, 2.05) is 18.2 Å². The summed E-state index contributed by atoms with van der Waals surface area (Å²) in [5, 5.41) is 7.47. The van der Waals surface area contributed by atoms with Crippen molar-refractivity contribution in [2.24, 2.45) is 7.05 Å². The number of halogens is 1. The van der Waals surface area contributed by atoms with Gasteiger partial charge in [0.05, 0.1) is 22.6 Å². The lowest BCUT2D eigenvalue weighted by atomic mass is 9.90. The molecular formula is C19H15FN6O. The van der Waals surface area contributed by atoms with E-state index in [1.54, 1.807) is 24.0 Å². The maximum Gasteiger partial charge on any atom is 0.226 e. The van der Waals surface area contributed by atoms with Gasteiger partial charge in [-0.05, 0) is 30.3 Å². The van der Waals surface area contributed by atoms with Gasteiger partial charge in [0.1, 0.15) is 23.2 Å². The van der Waals surface area contributed by atoms with Crippen LogP contribution in [0.4, 0.5) is 10.2 Å². The van der Waals surface area contributed by atoms with Crippen LogP contribution < -0.4 is 5.32 Å². The van der Waals surface area contributed by atoms with Crippen molar-refractivity contribution < 1.29 is 9.18 Å². The predicted molar refractivity (Wildman–Crippen MR) is 97.6 cm³/mol. The number of benzene rings is 1. The summed E-state index contributed by atoms with van der Waals surface area (Å²) in [6.45, 7) is 0. The number of fused-ring (bicyclic) bond motifs is 2. The van der Waals surface area contributed by atoms with Crippen LogP contribution in [-0.2, 0) is 11.8 Å². The fourth-order valence-corrected chi connectivity index (χ4v) is 3.58. The minimum Gasteiger partial charge on any atom is -0.341 e. The predicted octanol–water partition coefficient (Wildman–Crippen LogP) is 2.97. The first-order valence-electron chi connectivity index (χ1n) is 8.53. The average molecular weight is 362 g/mol. The maximum absolute atomic E-state index is 13.5. The third-order valence-electron chi connectivity index (χ3n) is 4.78. The van der Waals surface area contributed by atoms with Crippen molar-refractivity contribution >= 4 is 22.8 Å². The summed E-state index contributed by atoms with van der Waals surface area (Å²) in [4.78, 5) is 24.5. The van der Waals surface area contributed by atoms with E-state index in [0.29, 0.717) is 28.4 Å². The first kappa shape index (κ1) is 15.7. The van der Waals surface area contributed by atoms with Gasteiger partial charge in [-0.1, -0.05) is 6.07 Å². The third-order valence-corrected chi connectivity index (χ3v) is 4.78. The summed E-state index contributed by atoms with van der Waals surface area (Å²) in [7, 11) is 1.78. The summed E-state index contributed by atoms with van der Waals surface area (Å²) in [5.41, 5.74) is 3.53. The molecule has 4 heterocycles. The van der Waals surface area contributed by atoms with Crippen molar-refractivity contribution in [3.05, 3.63) is 59.8 Å². The summed E-state index contributed by atoms with van der Waals surface area (Å²) in [6, 6.07) is 10.0. The van der Waals surface area contributed by atoms with E-state index in [9.17, 15) is 9.18 Å². The molecule has 134 valence electrons. The fraction of sp³-hybridized carbons (Fsp3) is 0.158. The summed E-state index contributed by atoms with van der Waals surface area (Å²) >= 11 is 0. The third kappa shape index (κ3) is 2.49. The first-order chi connectivity index (χ1) is 13.1. The normalized spacial score (nSPS) is 16.4. The van der Waals surface area contributed by atoms with Crippen LogP contribution in [0.3, 0.4) is 0 Å². The second-order valence-electron chi connectivity index (χ2n) is 6.54. The Balaban J connectivity index is 1.72. The SMILES string of the molecule is Cn1nc(-c2ccccn2)c2c1NC(=O)C[C@@H]2c1nc2ccc(F)cc2[nH]1. The molecule has 1 aromatic carbocycles. The quantitative estimate of drug-likeness (QED) is 0.574. The lowest BCUT2D eigenvalue weighted by molar-refractivity contribution is -0.116. The zero-order chi connectivity index (χ0) is 18.5. The number of aromatic amines is 1. The van der Waals surface area contributed by atoms with Gasteiger partial charge in [-0.15, -0.1) is 0 Å². The van der Waals surface area contributed by atoms with Crippen LogP contribution in [0, 0.1) is 5.82 Å². The summed E-state index contributed by atoms with van der Waals surface area (Å²) in [6.07, 6.45) is 1.93. The minimum atomic E-state index is -0.338. The number of hydrogen-bond donors (Lipinski definition) is 2. The van der Waals surface area contributed by atoms with Gasteiger partial charge in [0, 0.05) is 25.2 Å². The molecule has 8 heteroatoms. The molecule has 0 unspecified atom stereocenters. The first-order valence-corrected chi connectivity index (χ1v) is 8.53. The van der Waals surface area contributed by atoms with Crippen molar-refractivity contribution in [1.29, 1.82) is 0 Å². The fourth-order valence-electron chi connectivity index (χ4n) is 3.58. The molecule has 0 aliphatic carbocycles. The molecular weight excluding hydrogens is 347 g/mol. The molecule has 4 aromatic rings. The molecule has 0 saturated carbocycles. The van der Waals surface area contributed by atoms with Crippen LogP contribution in [0.2, 0.25) is 0 Å². The molecule has 2 N–H and O–H groups in total. The van der Waals surface area contributed by atoms with Crippen LogP contribution in [-0.4, -0.2) is 30.6 Å². The number of carbonyl (C=O) groups excluding carboxylic acids is 1. The molecule has 0 bridgehead atoms. The highest BCUT2D eigenvalue weighted by Gasteiger charge is 2.35. The zero-order valence-corrected chi connectivity index (χ0v) is 14.4. The van der Waals surface area contributed by atoms with Crippen LogP contribution in [0.5, 0.6) is 0 Å². The Morgan fingerprint density at radius 3 is 2.96 bits per heavy atom. The van der Waals surface area contributed by atoms with Crippen LogP contribution in [0.1, 0.15) is 23.7 Å². The van der Waals surface area contributed by atoms with Crippen molar-refractivity contribution in [2.45, 2.75) is 12.3 Å². The molecule has 27 heavy (non-hydrogen) atoms. The Labute approximate surface area is 153 Å². The highest BCUT2D eigenvalue weighted by atomic mass is 19.1. The second-order valence-corrected chi connectivity index (χ2v) is 6.54. The topological polar surface area (TPSA) is 88.5 Å². The second kappa shape index (κ2) is 5.73. The molecule has 0 fully saturated rings. The number of pyridine rings is 1. The van der Waals surface area contributed by atoms with E-state index in [2.05, 4.69) is 25.4 Å². The average Bonchev–Trinajstić information content (AvgIpc) is 3.23. The highest BCUT2D eigenvalue weighted by Crippen LogP contribution is 2.41. The zero-order valence-electron chi connectivity index (χ0n) is 14.4. The molecule has 1 amide bonds. The van der Waals surface area contributed by atoms with Crippen LogP contribution >= 0.6 is 0 Å². The lowest BCUT2D eigenvalue weighted by Crippen LogP contribution is -2.25. The van der Waals surface area contributed by atoms with E-state index in [-0.39, 0.29) is 24.1 Å². The number of nitrogens with one attached hydrogen (secondary N) is 2. The van der Waals surface area contributed by atoms with E-state index in [4.69, 9.17) is 0 Å². The monoisotopic (exact) mass is 362 g/mol. The molecule has 3 aromatic heterocycles. The lowest BCUT2D eigenvalue weighted by Gasteiger charge is -2.22. The summed E-state index contributed by atoms with van der Waals surface area (Å²) in [5.74, 6) is 0.459. The van der Waals surface area contributed by atoms with Gasteiger partial charge in [-0.2, -0.15) is 5.10 Å². The highest BCUT2D eigenvalue weighted by molar-refractivity contribution is 5.96. The molecule has 5 rings (SSSR count). The molecule has 1 aliphatic rings. The Hall–Kier alpha value is -3.55. The largest absolute Gasteiger partial charge is 0.341 e. The van der Waals surface area contributed by atoms with Gasteiger partial charge in [0.2, 0.25) is 5.91 Å². The number of nitrogens with zero attached hydrogens (tertiary/aromatic N) is 4. The minimum absolute atomic E-state index is 0.116. The molecule has 0 saturated heterocycles. The van der Waals surface area contributed by atoms with Gasteiger partial charge in [-0.3, -0.25) is 14.5 Å². The van der Waals surface area contributed by atoms with Gasteiger partial charge >= 0.3 is 0 Å². The number of H-pyrrole nitrogens is 1. The van der Waals surface area contributed by atoms with E-state index in [0.717, 1.165) is 11.3 Å².